The summed E-state index contributed by atoms with van der Waals surface area (Å²) in [6.07, 6.45) is 1.21. The first-order valence-electron chi connectivity index (χ1n) is 2.24. The number of hydrogen-bond donors (Lipinski definition) is 0. The van der Waals surface area contributed by atoms with Gasteiger partial charge in [0.05, 0.1) is 6.61 Å². The van der Waals surface area contributed by atoms with Crippen molar-refractivity contribution in [2.45, 2.75) is 0 Å². The molecule has 0 amide bonds. The van der Waals surface area contributed by atoms with Gasteiger partial charge in [-0.1, -0.05) is 6.08 Å². The Kier molecular flexibility index (Phi) is 3.67. The molecule has 10 heavy (non-hydrogen) atoms. The lowest BCUT2D eigenvalue weighted by Crippen LogP contribution is -2.08. The van der Waals surface area contributed by atoms with Crippen molar-refractivity contribution in [2.75, 3.05) is 6.61 Å². The van der Waals surface area contributed by atoms with E-state index in [2.05, 4.69) is 14.9 Å². The van der Waals surface area contributed by atoms with Gasteiger partial charge in [-0.3, -0.25) is 4.79 Å². The molecule has 0 atom stereocenters. The van der Waals surface area contributed by atoms with Gasteiger partial charge in [-0.05, 0) is 0 Å². The second-order valence-electron chi connectivity index (χ2n) is 1.17. The van der Waals surface area contributed by atoms with Gasteiger partial charge in [-0.15, -0.1) is 6.58 Å². The lowest BCUT2D eigenvalue weighted by Gasteiger charge is -1.96. The topological polar surface area (TPSA) is 69.7 Å². The first kappa shape index (κ1) is 9.12. The van der Waals surface area contributed by atoms with Gasteiger partial charge in [0.1, 0.15) is 0 Å². The minimum Gasteiger partial charge on any atom is -0.328 e. The number of carbonyl (C=O) groups excluding carboxylic acids is 1. The predicted octanol–water partition coefficient (Wildman–Crippen LogP) is -0.393. The smallest absolute Gasteiger partial charge is 0.328 e. The summed E-state index contributed by atoms with van der Waals surface area (Å²) < 4.78 is 28.1. The van der Waals surface area contributed by atoms with E-state index in [-0.39, 0.29) is 13.1 Å². The fourth-order valence-corrected chi connectivity index (χ4v) is 0.622. The molecule has 0 bridgehead atoms. The molecule has 0 unspecified atom stereocenters. The van der Waals surface area contributed by atoms with Crippen molar-refractivity contribution in [3.8, 4) is 0 Å². The van der Waals surface area contributed by atoms with Crippen LogP contribution in [0.25, 0.3) is 0 Å². The average Bonchev–Trinajstić information content (AvgIpc) is 1.84. The highest BCUT2D eigenvalue weighted by Gasteiger charge is 2.08. The molecule has 0 saturated heterocycles. The van der Waals surface area contributed by atoms with Crippen LogP contribution in [0.1, 0.15) is 0 Å². The minimum absolute atomic E-state index is 0.212. The third-order valence-corrected chi connectivity index (χ3v) is 1.23. The second kappa shape index (κ2) is 4.02. The van der Waals surface area contributed by atoms with E-state index in [1.54, 1.807) is 0 Å². The molecule has 0 aromatic heterocycles. The zero-order valence-corrected chi connectivity index (χ0v) is 5.83. The number of hydrogen-bond acceptors (Lipinski definition) is 5. The molecule has 0 aliphatic heterocycles. The van der Waals surface area contributed by atoms with E-state index in [1.807, 2.05) is 0 Å². The van der Waals surface area contributed by atoms with Crippen LogP contribution in [0.4, 0.5) is 0 Å². The van der Waals surface area contributed by atoms with Crippen LogP contribution in [0.2, 0.25) is 0 Å². The normalized spacial score (nSPS) is 10.4. The van der Waals surface area contributed by atoms with Crippen molar-refractivity contribution in [3.05, 3.63) is 12.7 Å². The Hall–Kier alpha value is -0.880. The fraction of sp³-hybridized carbons (Fsp3) is 0.250. The summed E-state index contributed by atoms with van der Waals surface area (Å²) in [4.78, 5) is 9.48. The van der Waals surface area contributed by atoms with Crippen LogP contribution in [-0.4, -0.2) is 21.5 Å². The Morgan fingerprint density at radius 2 is 2.10 bits per heavy atom. The molecule has 0 aromatic rings. The van der Waals surface area contributed by atoms with Gasteiger partial charge in [-0.25, -0.2) is 4.18 Å². The van der Waals surface area contributed by atoms with Crippen LogP contribution in [0.5, 0.6) is 0 Å². The lowest BCUT2D eigenvalue weighted by atomic mass is 10.7. The summed E-state index contributed by atoms with van der Waals surface area (Å²) in [7, 11) is -4.13. The Labute approximate surface area is 58.6 Å². The van der Waals surface area contributed by atoms with Gasteiger partial charge in [-0.2, -0.15) is 8.42 Å². The van der Waals surface area contributed by atoms with Crippen molar-refractivity contribution in [2.24, 2.45) is 0 Å². The quantitative estimate of drug-likeness (QED) is 0.411. The maximum Gasteiger partial charge on any atom is 0.451 e. The molecule has 5 nitrogen and oxygen atoms in total. The fourth-order valence-electron chi connectivity index (χ4n) is 0.207. The van der Waals surface area contributed by atoms with Gasteiger partial charge in [0.15, 0.2) is 0 Å². The maximum absolute atomic E-state index is 10.3. The third-order valence-electron chi connectivity index (χ3n) is 0.487. The summed E-state index contributed by atoms with van der Waals surface area (Å²) in [5.74, 6) is 0. The molecule has 0 spiro atoms. The molecule has 0 saturated carbocycles. The molecule has 58 valence electrons. The number of rotatable bonds is 5. The summed E-state index contributed by atoms with van der Waals surface area (Å²) in [6.45, 7) is 2.75. The van der Waals surface area contributed by atoms with E-state index in [9.17, 15) is 13.2 Å². The first-order chi connectivity index (χ1) is 4.62. The van der Waals surface area contributed by atoms with Gasteiger partial charge in [0.2, 0.25) is 0 Å². The van der Waals surface area contributed by atoms with E-state index < -0.39 is 10.4 Å². The Morgan fingerprint density at radius 3 is 2.50 bits per heavy atom. The summed E-state index contributed by atoms with van der Waals surface area (Å²) >= 11 is 0. The van der Waals surface area contributed by atoms with Crippen molar-refractivity contribution in [1.82, 2.24) is 0 Å². The average molecular weight is 166 g/mol. The zero-order valence-electron chi connectivity index (χ0n) is 5.02. The molecule has 6 heteroatoms. The van der Waals surface area contributed by atoms with Crippen molar-refractivity contribution < 1.29 is 21.6 Å². The minimum atomic E-state index is -4.13. The molecule has 0 heterocycles. The SMILES string of the molecule is C=CCOS(=O)(=O)OC=O. The second-order valence-corrected chi connectivity index (χ2v) is 2.42. The molecule has 0 aromatic carbocycles. The lowest BCUT2D eigenvalue weighted by molar-refractivity contribution is -0.120. The van der Waals surface area contributed by atoms with E-state index in [1.165, 1.54) is 6.08 Å². The molecular formula is C4H6O5S. The van der Waals surface area contributed by atoms with Gasteiger partial charge in [0.25, 0.3) is 0 Å². The molecular weight excluding hydrogens is 160 g/mol. The van der Waals surface area contributed by atoms with E-state index in [4.69, 9.17) is 0 Å². The van der Waals surface area contributed by atoms with Crippen LogP contribution in [-0.2, 0) is 23.6 Å². The molecule has 0 aliphatic rings. The van der Waals surface area contributed by atoms with E-state index >= 15 is 0 Å². The molecule has 0 fully saturated rings. The highest BCUT2D eigenvalue weighted by atomic mass is 32.3. The van der Waals surface area contributed by atoms with Crippen LogP contribution >= 0.6 is 0 Å². The molecule has 0 N–H and O–H groups in total. The van der Waals surface area contributed by atoms with Crippen molar-refractivity contribution in [1.29, 1.82) is 0 Å². The van der Waals surface area contributed by atoms with Crippen LogP contribution in [0, 0.1) is 0 Å². The highest BCUT2D eigenvalue weighted by Crippen LogP contribution is 1.91. The van der Waals surface area contributed by atoms with E-state index in [0.717, 1.165) is 0 Å². The third kappa shape index (κ3) is 4.04. The highest BCUT2D eigenvalue weighted by molar-refractivity contribution is 7.82. The summed E-state index contributed by atoms with van der Waals surface area (Å²) in [6, 6.07) is 0. The first-order valence-corrected chi connectivity index (χ1v) is 3.58. The van der Waals surface area contributed by atoms with Gasteiger partial charge < -0.3 is 4.18 Å². The molecule has 0 rings (SSSR count). The Balaban J connectivity index is 3.87. The van der Waals surface area contributed by atoms with Crippen LogP contribution in [0.15, 0.2) is 12.7 Å². The van der Waals surface area contributed by atoms with Crippen LogP contribution < -0.4 is 0 Å². The maximum atomic E-state index is 10.3. The van der Waals surface area contributed by atoms with Gasteiger partial charge >= 0.3 is 16.9 Å². The summed E-state index contributed by atoms with van der Waals surface area (Å²) in [5.41, 5.74) is 0. The van der Waals surface area contributed by atoms with Crippen molar-refractivity contribution in [3.63, 3.8) is 0 Å². The van der Waals surface area contributed by atoms with E-state index in [0.29, 0.717) is 0 Å². The van der Waals surface area contributed by atoms with Crippen molar-refractivity contribution >= 4 is 16.9 Å². The Bertz CT molecular complexity index is 204. The number of carbonyl (C=O) groups is 1. The largest absolute Gasteiger partial charge is 0.451 e. The monoisotopic (exact) mass is 166 g/mol. The molecule has 0 aliphatic carbocycles. The standard InChI is InChI=1S/C4H6O5S/c1-2-3-8-10(6,7)9-4-5/h2,4H,1,3H2. The molecule has 0 radical (unpaired) electrons. The summed E-state index contributed by atoms with van der Waals surface area (Å²) in [5, 5.41) is 0. The predicted molar refractivity (Wildman–Crippen MR) is 32.2 cm³/mol. The zero-order chi connectivity index (χ0) is 8.04. The van der Waals surface area contributed by atoms with Crippen LogP contribution in [0.3, 0.4) is 0 Å². The Morgan fingerprint density at radius 1 is 1.50 bits per heavy atom. The van der Waals surface area contributed by atoms with Gasteiger partial charge in [0, 0.05) is 0 Å².